The molecule has 278 valence electrons. The Morgan fingerprint density at radius 1 is 0.909 bits per heavy atom. The number of carbonyl (C=O) groups is 4. The number of carbonyl (C=O) groups excluding carboxylic acids is 4. The molecular formula is C43H39N5O5S2. The van der Waals surface area contributed by atoms with Gasteiger partial charge < -0.3 is 25.7 Å². The number of thioether (sulfide) groups is 1. The topological polar surface area (TPSA) is 133 Å². The molecule has 0 fully saturated rings. The van der Waals surface area contributed by atoms with Gasteiger partial charge in [0.25, 0.3) is 11.8 Å². The van der Waals surface area contributed by atoms with Crippen molar-refractivity contribution in [3.8, 4) is 0 Å². The van der Waals surface area contributed by atoms with Crippen molar-refractivity contribution in [2.75, 3.05) is 29.5 Å². The highest BCUT2D eigenvalue weighted by Crippen LogP contribution is 2.38. The number of nitrogens with zero attached hydrogens (tertiary/aromatic N) is 1. The van der Waals surface area contributed by atoms with Crippen LogP contribution >= 0.6 is 23.1 Å². The van der Waals surface area contributed by atoms with Gasteiger partial charge in [0.2, 0.25) is 5.91 Å². The molecule has 0 spiro atoms. The number of thiophene rings is 1. The van der Waals surface area contributed by atoms with E-state index in [2.05, 4.69) is 38.0 Å². The molecule has 0 atom stereocenters. The van der Waals surface area contributed by atoms with Crippen molar-refractivity contribution < 1.29 is 23.9 Å². The molecule has 1 aliphatic rings. The summed E-state index contributed by atoms with van der Waals surface area (Å²) in [4.78, 5) is 60.7. The van der Waals surface area contributed by atoms with E-state index in [4.69, 9.17) is 4.74 Å². The van der Waals surface area contributed by atoms with Crippen LogP contribution in [0.5, 0.6) is 0 Å². The molecule has 12 heteroatoms. The van der Waals surface area contributed by atoms with E-state index in [1.54, 1.807) is 61.7 Å². The van der Waals surface area contributed by atoms with Crippen molar-refractivity contribution in [2.45, 2.75) is 31.3 Å². The molecule has 6 aromatic rings. The van der Waals surface area contributed by atoms with Gasteiger partial charge in [0.1, 0.15) is 10.7 Å². The molecule has 1 aliphatic heterocycles. The highest BCUT2D eigenvalue weighted by molar-refractivity contribution is 8.00. The van der Waals surface area contributed by atoms with Gasteiger partial charge in [-0.15, -0.1) is 23.1 Å². The van der Waals surface area contributed by atoms with Crippen LogP contribution in [0.15, 0.2) is 126 Å². The number of rotatable bonds is 13. The van der Waals surface area contributed by atoms with Crippen molar-refractivity contribution in [2.24, 2.45) is 0 Å². The number of aromatic amines is 1. The van der Waals surface area contributed by atoms with Gasteiger partial charge in [-0.1, -0.05) is 72.8 Å². The smallest absolute Gasteiger partial charge is 0.341 e. The summed E-state index contributed by atoms with van der Waals surface area (Å²) >= 11 is 2.73. The van der Waals surface area contributed by atoms with Gasteiger partial charge in [0, 0.05) is 63.3 Å². The van der Waals surface area contributed by atoms with E-state index in [0.717, 1.165) is 44.9 Å². The van der Waals surface area contributed by atoms with Gasteiger partial charge in [-0.2, -0.15) is 0 Å². The molecule has 55 heavy (non-hydrogen) atoms. The molecule has 0 saturated carbocycles. The molecule has 4 aromatic carbocycles. The van der Waals surface area contributed by atoms with Crippen LogP contribution < -0.4 is 16.0 Å². The number of anilines is 2. The molecule has 0 saturated heterocycles. The van der Waals surface area contributed by atoms with Gasteiger partial charge >= 0.3 is 5.97 Å². The first-order valence-electron chi connectivity index (χ1n) is 17.9. The van der Waals surface area contributed by atoms with Gasteiger partial charge in [0.05, 0.1) is 17.9 Å². The van der Waals surface area contributed by atoms with Gasteiger partial charge in [-0.25, -0.2) is 4.79 Å². The molecule has 4 N–H and O–H groups in total. The lowest BCUT2D eigenvalue weighted by Gasteiger charge is -2.27. The van der Waals surface area contributed by atoms with Crippen LogP contribution in [0, 0.1) is 0 Å². The monoisotopic (exact) mass is 769 g/mol. The molecule has 0 radical (unpaired) electrons. The molecule has 3 amide bonds. The van der Waals surface area contributed by atoms with Crippen molar-refractivity contribution in [1.82, 2.24) is 15.2 Å². The third-order valence-electron chi connectivity index (χ3n) is 9.03. The number of hydrogen-bond acceptors (Lipinski definition) is 8. The number of amides is 3. The van der Waals surface area contributed by atoms with Crippen LogP contribution in [0.4, 0.5) is 10.7 Å². The third-order valence-corrected chi connectivity index (χ3v) is 11.2. The molecule has 0 aliphatic carbocycles. The van der Waals surface area contributed by atoms with Crippen molar-refractivity contribution in [3.05, 3.63) is 154 Å². The van der Waals surface area contributed by atoms with Crippen molar-refractivity contribution in [1.29, 1.82) is 0 Å². The predicted octanol–water partition coefficient (Wildman–Crippen LogP) is 8.10. The van der Waals surface area contributed by atoms with E-state index in [1.165, 1.54) is 28.7 Å². The van der Waals surface area contributed by atoms with E-state index in [0.29, 0.717) is 34.8 Å². The number of fused-ring (bicyclic) bond motifs is 2. The average Bonchev–Trinajstić information content (AvgIpc) is 3.78. The number of ether oxygens (including phenoxy) is 1. The van der Waals surface area contributed by atoms with E-state index in [9.17, 15) is 19.2 Å². The van der Waals surface area contributed by atoms with Crippen LogP contribution in [0.1, 0.15) is 49.2 Å². The zero-order valence-electron chi connectivity index (χ0n) is 30.1. The number of esters is 1. The number of H-pyrrole nitrogens is 1. The second kappa shape index (κ2) is 17.5. The van der Waals surface area contributed by atoms with E-state index in [1.807, 2.05) is 54.6 Å². The minimum Gasteiger partial charge on any atom is -0.462 e. The lowest BCUT2D eigenvalue weighted by molar-refractivity contribution is -0.114. The lowest BCUT2D eigenvalue weighted by atomic mass is 10.0. The maximum absolute atomic E-state index is 13.7. The Kier molecular flexibility index (Phi) is 11.9. The number of benzene rings is 4. The van der Waals surface area contributed by atoms with E-state index in [-0.39, 0.29) is 24.0 Å². The minimum atomic E-state index is -0.509. The molecule has 3 heterocycles. The second-order valence-electron chi connectivity index (χ2n) is 12.9. The maximum Gasteiger partial charge on any atom is 0.341 e. The summed E-state index contributed by atoms with van der Waals surface area (Å²) in [5, 5.41) is 10.1. The molecule has 2 aromatic heterocycles. The highest BCUT2D eigenvalue weighted by atomic mass is 32.2. The molecule has 10 nitrogen and oxygen atoms in total. The van der Waals surface area contributed by atoms with Crippen LogP contribution in [-0.2, 0) is 33.8 Å². The lowest BCUT2D eigenvalue weighted by Crippen LogP contribution is -2.30. The van der Waals surface area contributed by atoms with E-state index >= 15 is 0 Å². The SMILES string of the molecule is CCOC(=O)c1c(NC(=O)CSc2cccc(NC(=O)/C(=C/c3c[nH]c4ccccc34)NC(=O)c3ccccc3)c2)sc2c1CCN(Cc1ccccc1)C2. The zero-order chi connectivity index (χ0) is 38.1. The Balaban J connectivity index is 1.03. The largest absolute Gasteiger partial charge is 0.462 e. The summed E-state index contributed by atoms with van der Waals surface area (Å²) < 4.78 is 5.41. The first kappa shape index (κ1) is 37.4. The van der Waals surface area contributed by atoms with Gasteiger partial charge in [0.15, 0.2) is 0 Å². The maximum atomic E-state index is 13.7. The fraction of sp³-hybridized carbons (Fsp3) is 0.163. The molecular weight excluding hydrogens is 731 g/mol. The zero-order valence-corrected chi connectivity index (χ0v) is 31.7. The second-order valence-corrected chi connectivity index (χ2v) is 15.0. The molecule has 0 bridgehead atoms. The normalized spacial score (nSPS) is 12.9. The number of para-hydroxylation sites is 1. The third kappa shape index (κ3) is 9.23. The number of hydrogen-bond donors (Lipinski definition) is 4. The van der Waals surface area contributed by atoms with Crippen LogP contribution in [0.2, 0.25) is 0 Å². The summed E-state index contributed by atoms with van der Waals surface area (Å²) in [6.45, 7) is 4.28. The molecule has 7 rings (SSSR count). The first-order valence-corrected chi connectivity index (χ1v) is 19.7. The highest BCUT2D eigenvalue weighted by Gasteiger charge is 2.29. The summed E-state index contributed by atoms with van der Waals surface area (Å²) in [7, 11) is 0. The number of nitrogens with one attached hydrogen (secondary N) is 4. The van der Waals surface area contributed by atoms with E-state index < -0.39 is 17.8 Å². The Morgan fingerprint density at radius 2 is 1.67 bits per heavy atom. The summed E-state index contributed by atoms with van der Waals surface area (Å²) in [5.74, 6) is -1.55. The predicted molar refractivity (Wildman–Crippen MR) is 219 cm³/mol. The van der Waals surface area contributed by atoms with Crippen molar-refractivity contribution >= 4 is 74.5 Å². The fourth-order valence-electron chi connectivity index (χ4n) is 6.43. The van der Waals surface area contributed by atoms with Crippen LogP contribution in [0.3, 0.4) is 0 Å². The van der Waals surface area contributed by atoms with Crippen LogP contribution in [0.25, 0.3) is 17.0 Å². The Bertz CT molecular complexity index is 2370. The summed E-state index contributed by atoms with van der Waals surface area (Å²) in [6.07, 6.45) is 4.12. The Morgan fingerprint density at radius 3 is 2.47 bits per heavy atom. The molecule has 0 unspecified atom stereocenters. The van der Waals surface area contributed by atoms with Gasteiger partial charge in [-0.3, -0.25) is 19.3 Å². The average molecular weight is 770 g/mol. The Hall–Kier alpha value is -5.95. The summed E-state index contributed by atoms with van der Waals surface area (Å²) in [6, 6.07) is 33.8. The quantitative estimate of drug-likeness (QED) is 0.0530. The van der Waals surface area contributed by atoms with Crippen LogP contribution in [-0.4, -0.2) is 52.5 Å². The fourth-order valence-corrected chi connectivity index (χ4v) is 8.47. The minimum absolute atomic E-state index is 0.0651. The van der Waals surface area contributed by atoms with Crippen molar-refractivity contribution in [3.63, 3.8) is 0 Å². The van der Waals surface area contributed by atoms with Gasteiger partial charge in [-0.05, 0) is 66.9 Å². The number of aromatic nitrogens is 1. The first-order chi connectivity index (χ1) is 26.8. The Labute approximate surface area is 327 Å². The summed E-state index contributed by atoms with van der Waals surface area (Å²) in [5.41, 5.74) is 5.22. The standard InChI is InChI=1S/C43H39N5O5S2/c1-2-53-43(52)39-34-20-21-48(25-28-12-5-3-6-13-28)26-37(34)55-42(39)47-38(49)27-54-32-17-11-16-31(23-32)45-41(51)36(46-40(50)29-14-7-4-8-15-29)22-30-24-44-35-19-10-9-18-33(30)35/h3-19,22-24,44H,2,20-21,25-27H2,1H3,(H,45,51)(H,46,50)(H,47,49)/b36-22-.